The molecule has 0 saturated heterocycles. The van der Waals surface area contributed by atoms with Crippen molar-refractivity contribution in [3.63, 3.8) is 0 Å². The zero-order valence-electron chi connectivity index (χ0n) is 15.7. The molecule has 0 bridgehead atoms. The molecule has 26 heavy (non-hydrogen) atoms. The summed E-state index contributed by atoms with van der Waals surface area (Å²) in [6, 6.07) is 15.5. The third-order valence-electron chi connectivity index (χ3n) is 3.73. The highest BCUT2D eigenvalue weighted by atomic mass is 16.5. The monoisotopic (exact) mass is 356 g/mol. The van der Waals surface area contributed by atoms with Crippen molar-refractivity contribution >= 4 is 11.8 Å². The Hall–Kier alpha value is -2.69. The van der Waals surface area contributed by atoms with Crippen LogP contribution in [0.5, 0.6) is 5.75 Å². The molecular formula is C21H28N2O3. The van der Waals surface area contributed by atoms with E-state index in [2.05, 4.69) is 5.32 Å². The van der Waals surface area contributed by atoms with Gasteiger partial charge < -0.3 is 20.5 Å². The number of anilines is 1. The minimum absolute atomic E-state index is 0.00581. The molecule has 140 valence electrons. The summed E-state index contributed by atoms with van der Waals surface area (Å²) >= 11 is 0. The molecule has 0 aliphatic heterocycles. The standard InChI is InChI=1S/C21H28N2O3/c1-15(2)13-26-21(24)23-16(3)11-17-7-9-20(10-8-17)25-14-18-5-4-6-19(22)12-18/h4-10,12,15-16H,11,13-14,22H2,1-3H3,(H,23,24). The number of nitrogen functional groups attached to an aromatic ring is 1. The number of rotatable bonds is 8. The SMILES string of the molecule is CC(C)COC(=O)NC(C)Cc1ccc(OCc2cccc(N)c2)cc1. The number of carbonyl (C=O) groups is 1. The molecule has 0 heterocycles. The van der Waals surface area contributed by atoms with Crippen LogP contribution in [0, 0.1) is 5.92 Å². The summed E-state index contributed by atoms with van der Waals surface area (Å²) < 4.78 is 10.9. The van der Waals surface area contributed by atoms with Crippen LogP contribution >= 0.6 is 0 Å². The Balaban J connectivity index is 1.78. The Labute approximate surface area is 155 Å². The highest BCUT2D eigenvalue weighted by Gasteiger charge is 2.10. The maximum absolute atomic E-state index is 11.7. The fourth-order valence-electron chi connectivity index (χ4n) is 2.46. The van der Waals surface area contributed by atoms with Crippen LogP contribution in [0.25, 0.3) is 0 Å². The second-order valence-corrected chi connectivity index (χ2v) is 6.92. The predicted octanol–water partition coefficient (Wildman–Crippen LogP) is 4.16. The van der Waals surface area contributed by atoms with Crippen molar-refractivity contribution < 1.29 is 14.3 Å². The van der Waals surface area contributed by atoms with E-state index < -0.39 is 0 Å². The van der Waals surface area contributed by atoms with Gasteiger partial charge in [-0.15, -0.1) is 0 Å². The van der Waals surface area contributed by atoms with Crippen LogP contribution in [-0.2, 0) is 17.8 Å². The van der Waals surface area contributed by atoms with Gasteiger partial charge in [0.05, 0.1) is 6.61 Å². The van der Waals surface area contributed by atoms with E-state index in [-0.39, 0.29) is 12.1 Å². The zero-order chi connectivity index (χ0) is 18.9. The van der Waals surface area contributed by atoms with Crippen LogP contribution in [0.1, 0.15) is 31.9 Å². The van der Waals surface area contributed by atoms with E-state index in [0.717, 1.165) is 29.0 Å². The van der Waals surface area contributed by atoms with E-state index in [1.165, 1.54) is 0 Å². The van der Waals surface area contributed by atoms with Gasteiger partial charge in [0, 0.05) is 11.7 Å². The molecular weight excluding hydrogens is 328 g/mol. The lowest BCUT2D eigenvalue weighted by atomic mass is 10.1. The lowest BCUT2D eigenvalue weighted by Crippen LogP contribution is -2.35. The van der Waals surface area contributed by atoms with Crippen molar-refractivity contribution in [2.45, 2.75) is 39.8 Å². The molecule has 0 aromatic heterocycles. The molecule has 0 aliphatic rings. The summed E-state index contributed by atoms with van der Waals surface area (Å²) in [6.07, 6.45) is 0.361. The highest BCUT2D eigenvalue weighted by molar-refractivity contribution is 5.67. The number of ether oxygens (including phenoxy) is 2. The lowest BCUT2D eigenvalue weighted by molar-refractivity contribution is 0.130. The van der Waals surface area contributed by atoms with Gasteiger partial charge in [0.2, 0.25) is 0 Å². The van der Waals surface area contributed by atoms with Crippen molar-refractivity contribution in [3.05, 3.63) is 59.7 Å². The van der Waals surface area contributed by atoms with Crippen LogP contribution in [0.4, 0.5) is 10.5 Å². The van der Waals surface area contributed by atoms with E-state index in [1.54, 1.807) is 0 Å². The second-order valence-electron chi connectivity index (χ2n) is 6.92. The van der Waals surface area contributed by atoms with E-state index in [0.29, 0.717) is 19.1 Å². The molecule has 1 unspecified atom stereocenters. The van der Waals surface area contributed by atoms with Crippen LogP contribution < -0.4 is 15.8 Å². The third-order valence-corrected chi connectivity index (χ3v) is 3.73. The van der Waals surface area contributed by atoms with Gasteiger partial charge in [0.25, 0.3) is 0 Å². The topological polar surface area (TPSA) is 73.6 Å². The number of benzene rings is 2. The quantitative estimate of drug-likeness (QED) is 0.697. The lowest BCUT2D eigenvalue weighted by Gasteiger charge is -2.15. The van der Waals surface area contributed by atoms with Crippen molar-refractivity contribution in [1.29, 1.82) is 0 Å². The Morgan fingerprint density at radius 2 is 1.81 bits per heavy atom. The van der Waals surface area contributed by atoms with Crippen molar-refractivity contribution in [2.24, 2.45) is 5.92 Å². The van der Waals surface area contributed by atoms with E-state index in [4.69, 9.17) is 15.2 Å². The summed E-state index contributed by atoms with van der Waals surface area (Å²) in [5.74, 6) is 1.13. The van der Waals surface area contributed by atoms with Crippen LogP contribution in [-0.4, -0.2) is 18.7 Å². The van der Waals surface area contributed by atoms with Gasteiger partial charge in [-0.1, -0.05) is 38.1 Å². The smallest absolute Gasteiger partial charge is 0.407 e. The first-order valence-corrected chi connectivity index (χ1v) is 8.92. The van der Waals surface area contributed by atoms with Gasteiger partial charge in [-0.25, -0.2) is 4.79 Å². The fraction of sp³-hybridized carbons (Fsp3) is 0.381. The molecule has 2 rings (SSSR count). The van der Waals surface area contributed by atoms with Gasteiger partial charge >= 0.3 is 6.09 Å². The number of hydrogen-bond acceptors (Lipinski definition) is 4. The maximum atomic E-state index is 11.7. The number of amides is 1. The van der Waals surface area contributed by atoms with Crippen molar-refractivity contribution in [2.75, 3.05) is 12.3 Å². The number of hydrogen-bond donors (Lipinski definition) is 2. The van der Waals surface area contributed by atoms with Crippen molar-refractivity contribution in [3.8, 4) is 5.75 Å². The van der Waals surface area contributed by atoms with Crippen LogP contribution in [0.2, 0.25) is 0 Å². The summed E-state index contributed by atoms with van der Waals surface area (Å²) in [5, 5.41) is 2.85. The number of carbonyl (C=O) groups excluding carboxylic acids is 1. The first-order chi connectivity index (χ1) is 12.4. The minimum atomic E-state index is -0.367. The fourth-order valence-corrected chi connectivity index (χ4v) is 2.46. The Morgan fingerprint density at radius 1 is 1.08 bits per heavy atom. The molecule has 1 amide bonds. The molecule has 2 aromatic rings. The molecule has 0 radical (unpaired) electrons. The Kier molecular flexibility index (Phi) is 7.33. The summed E-state index contributed by atoms with van der Waals surface area (Å²) in [7, 11) is 0. The summed E-state index contributed by atoms with van der Waals surface area (Å²) in [4.78, 5) is 11.7. The van der Waals surface area contributed by atoms with Crippen LogP contribution in [0.15, 0.2) is 48.5 Å². The number of nitrogens with two attached hydrogens (primary N) is 1. The average molecular weight is 356 g/mol. The molecule has 2 aromatic carbocycles. The zero-order valence-corrected chi connectivity index (χ0v) is 15.7. The highest BCUT2D eigenvalue weighted by Crippen LogP contribution is 2.16. The molecule has 5 heteroatoms. The van der Waals surface area contributed by atoms with E-state index >= 15 is 0 Å². The number of alkyl carbamates (subject to hydrolysis) is 1. The van der Waals surface area contributed by atoms with Gasteiger partial charge in [0.1, 0.15) is 12.4 Å². The van der Waals surface area contributed by atoms with Gasteiger partial charge in [-0.2, -0.15) is 0 Å². The minimum Gasteiger partial charge on any atom is -0.489 e. The molecule has 0 spiro atoms. The molecule has 0 aliphatic carbocycles. The normalized spacial score (nSPS) is 11.8. The molecule has 0 fully saturated rings. The van der Waals surface area contributed by atoms with E-state index in [1.807, 2.05) is 69.3 Å². The first-order valence-electron chi connectivity index (χ1n) is 8.92. The molecule has 3 N–H and O–H groups in total. The summed E-state index contributed by atoms with van der Waals surface area (Å²) in [5.41, 5.74) is 8.66. The average Bonchev–Trinajstić information content (AvgIpc) is 2.59. The number of nitrogens with one attached hydrogen (secondary N) is 1. The summed E-state index contributed by atoms with van der Waals surface area (Å²) in [6.45, 7) is 6.88. The molecule has 5 nitrogen and oxygen atoms in total. The Morgan fingerprint density at radius 3 is 2.46 bits per heavy atom. The van der Waals surface area contributed by atoms with Gasteiger partial charge in [-0.3, -0.25) is 0 Å². The third kappa shape index (κ3) is 7.05. The predicted molar refractivity (Wildman–Crippen MR) is 104 cm³/mol. The first kappa shape index (κ1) is 19.6. The van der Waals surface area contributed by atoms with Gasteiger partial charge in [0.15, 0.2) is 0 Å². The maximum Gasteiger partial charge on any atom is 0.407 e. The van der Waals surface area contributed by atoms with E-state index in [9.17, 15) is 4.79 Å². The van der Waals surface area contributed by atoms with Crippen LogP contribution in [0.3, 0.4) is 0 Å². The van der Waals surface area contributed by atoms with Crippen molar-refractivity contribution in [1.82, 2.24) is 5.32 Å². The Bertz CT molecular complexity index is 699. The largest absolute Gasteiger partial charge is 0.489 e. The molecule has 1 atom stereocenters. The van der Waals surface area contributed by atoms with Gasteiger partial charge in [-0.05, 0) is 54.7 Å². The second kappa shape index (κ2) is 9.70. The molecule has 0 saturated carbocycles.